The van der Waals surface area contributed by atoms with Gasteiger partial charge in [-0.2, -0.15) is 0 Å². The molecule has 0 fully saturated rings. The zero-order chi connectivity index (χ0) is 6.57. The molecular weight excluding hydrogens is 104 g/mol. The molecule has 0 aromatic heterocycles. The summed E-state index contributed by atoms with van der Waals surface area (Å²) in [5, 5.41) is 0. The molecule has 44 valence electrons. The molecule has 0 aliphatic carbocycles. The predicted molar refractivity (Wildman–Crippen MR) is 32.5 cm³/mol. The Morgan fingerprint density at radius 2 is 2.38 bits per heavy atom. The highest BCUT2D eigenvalue weighted by Gasteiger charge is 1.93. The van der Waals surface area contributed by atoms with E-state index in [2.05, 4.69) is 11.6 Å². The van der Waals surface area contributed by atoms with Gasteiger partial charge < -0.3 is 5.73 Å². The van der Waals surface area contributed by atoms with Gasteiger partial charge in [0.2, 0.25) is 0 Å². The third kappa shape index (κ3) is 2.12. The van der Waals surface area contributed by atoms with Crippen LogP contribution in [0.3, 0.4) is 0 Å². The van der Waals surface area contributed by atoms with E-state index in [4.69, 9.17) is 5.73 Å². The average molecular weight is 112 g/mol. The Labute approximate surface area is 47.9 Å². The van der Waals surface area contributed by atoms with Gasteiger partial charge >= 0.3 is 0 Å². The Kier molecular flexibility index (Phi) is 2.54. The second-order valence-corrected chi connectivity index (χ2v) is 1.26. The molecule has 3 heteroatoms. The van der Waals surface area contributed by atoms with Gasteiger partial charge in [0.05, 0.1) is 0 Å². The van der Waals surface area contributed by atoms with Gasteiger partial charge in [0, 0.05) is 6.20 Å². The smallest absolute Gasteiger partial charge is 0.262 e. The number of rotatable bonds is 2. The van der Waals surface area contributed by atoms with Gasteiger partial charge in [0.15, 0.2) is 0 Å². The number of nitrogens with zero attached hydrogens (tertiary/aromatic N) is 1. The summed E-state index contributed by atoms with van der Waals surface area (Å²) in [6.45, 7) is 4.82. The third-order valence-corrected chi connectivity index (χ3v) is 0.642. The zero-order valence-corrected chi connectivity index (χ0v) is 4.72. The van der Waals surface area contributed by atoms with Crippen molar-refractivity contribution in [1.82, 2.24) is 0 Å². The Bertz CT molecular complexity index is 137. The molecule has 0 radical (unpaired) electrons. The van der Waals surface area contributed by atoms with Crippen LogP contribution in [0, 0.1) is 0 Å². The van der Waals surface area contributed by atoms with Gasteiger partial charge in [-0.25, -0.2) is 0 Å². The van der Waals surface area contributed by atoms with Crippen LogP contribution in [0.5, 0.6) is 0 Å². The number of nitrogens with two attached hydrogens (primary N) is 1. The summed E-state index contributed by atoms with van der Waals surface area (Å²) < 4.78 is 0. The van der Waals surface area contributed by atoms with Crippen molar-refractivity contribution in [2.24, 2.45) is 10.7 Å². The fraction of sp³-hybridized carbons (Fsp3) is 0.200. The molecule has 3 nitrogen and oxygen atoms in total. The van der Waals surface area contributed by atoms with Crippen LogP contribution in [0.15, 0.2) is 17.8 Å². The van der Waals surface area contributed by atoms with E-state index >= 15 is 0 Å². The lowest BCUT2D eigenvalue weighted by Gasteiger charge is -1.85. The normalized spacial score (nSPS) is 10.9. The topological polar surface area (TPSA) is 55.4 Å². The summed E-state index contributed by atoms with van der Waals surface area (Å²) in [6.07, 6.45) is 1.28. The first-order valence-electron chi connectivity index (χ1n) is 2.13. The van der Waals surface area contributed by atoms with Crippen molar-refractivity contribution in [1.29, 1.82) is 0 Å². The monoisotopic (exact) mass is 112 g/mol. The molecule has 0 atom stereocenters. The quantitative estimate of drug-likeness (QED) is 0.505. The van der Waals surface area contributed by atoms with Crippen molar-refractivity contribution in [2.45, 2.75) is 6.92 Å². The fourth-order valence-corrected chi connectivity index (χ4v) is 0.201. The molecule has 2 N–H and O–H groups in total. The van der Waals surface area contributed by atoms with E-state index in [1.54, 1.807) is 0 Å². The highest BCUT2D eigenvalue weighted by atomic mass is 16.1. The minimum atomic E-state index is -0.509. The summed E-state index contributed by atoms with van der Waals surface area (Å²) in [7, 11) is 0. The van der Waals surface area contributed by atoms with E-state index in [1.807, 2.05) is 0 Å². The Balaban J connectivity index is 3.99. The second kappa shape index (κ2) is 2.96. The van der Waals surface area contributed by atoms with Gasteiger partial charge in [-0.1, -0.05) is 6.58 Å². The third-order valence-electron chi connectivity index (χ3n) is 0.642. The summed E-state index contributed by atoms with van der Waals surface area (Å²) >= 11 is 0. The molecule has 0 unspecified atom stereocenters. The highest BCUT2D eigenvalue weighted by Crippen LogP contribution is 1.74. The lowest BCUT2D eigenvalue weighted by Crippen LogP contribution is -2.19. The van der Waals surface area contributed by atoms with Crippen LogP contribution in [0.2, 0.25) is 0 Å². The highest BCUT2D eigenvalue weighted by molar-refractivity contribution is 6.37. The van der Waals surface area contributed by atoms with Crippen LogP contribution in [0.4, 0.5) is 0 Å². The molecule has 0 heterocycles. The van der Waals surface area contributed by atoms with Gasteiger partial charge in [0.25, 0.3) is 5.91 Å². The van der Waals surface area contributed by atoms with Crippen LogP contribution in [-0.4, -0.2) is 11.6 Å². The van der Waals surface area contributed by atoms with Crippen molar-refractivity contribution >= 4 is 11.6 Å². The zero-order valence-electron chi connectivity index (χ0n) is 4.72. The largest absolute Gasteiger partial charge is 0.365 e. The van der Waals surface area contributed by atoms with Crippen molar-refractivity contribution in [3.8, 4) is 0 Å². The van der Waals surface area contributed by atoms with E-state index < -0.39 is 5.91 Å². The van der Waals surface area contributed by atoms with E-state index in [0.717, 1.165) is 0 Å². The number of carbonyl (C=O) groups is 1. The Hall–Kier alpha value is -1.12. The van der Waals surface area contributed by atoms with E-state index in [9.17, 15) is 4.79 Å². The molecule has 0 aromatic carbocycles. The SMILES string of the molecule is C=CN=C(C)C(N)=O. The Morgan fingerprint density at radius 1 is 1.88 bits per heavy atom. The number of hydrogen-bond acceptors (Lipinski definition) is 2. The fourth-order valence-electron chi connectivity index (χ4n) is 0.201. The number of amides is 1. The minimum Gasteiger partial charge on any atom is -0.365 e. The minimum absolute atomic E-state index is 0.278. The van der Waals surface area contributed by atoms with Crippen LogP contribution in [0.1, 0.15) is 6.92 Å². The lowest BCUT2D eigenvalue weighted by molar-refractivity contribution is -0.112. The second-order valence-electron chi connectivity index (χ2n) is 1.26. The summed E-state index contributed by atoms with van der Waals surface area (Å²) in [4.78, 5) is 13.7. The van der Waals surface area contributed by atoms with Gasteiger partial charge in [-0.3, -0.25) is 9.79 Å². The number of hydrogen-bond donors (Lipinski definition) is 1. The Morgan fingerprint density at radius 3 is 2.50 bits per heavy atom. The van der Waals surface area contributed by atoms with Crippen molar-refractivity contribution in [3.05, 3.63) is 12.8 Å². The summed E-state index contributed by atoms with van der Waals surface area (Å²) in [5.41, 5.74) is 5.08. The molecule has 0 saturated carbocycles. The first-order chi connectivity index (χ1) is 3.68. The first kappa shape index (κ1) is 6.88. The molecule has 0 saturated heterocycles. The predicted octanol–water partition coefficient (Wildman–Crippen LogP) is 0.0761. The van der Waals surface area contributed by atoms with Crippen molar-refractivity contribution < 1.29 is 4.79 Å². The molecule has 0 spiro atoms. The lowest BCUT2D eigenvalue weighted by atomic mass is 10.4. The maximum atomic E-state index is 10.1. The van der Waals surface area contributed by atoms with Crippen LogP contribution in [-0.2, 0) is 4.79 Å². The summed E-state index contributed by atoms with van der Waals surface area (Å²) in [6, 6.07) is 0. The van der Waals surface area contributed by atoms with Crippen LogP contribution in [0.25, 0.3) is 0 Å². The molecule has 0 aliphatic heterocycles. The van der Waals surface area contributed by atoms with E-state index in [-0.39, 0.29) is 5.71 Å². The van der Waals surface area contributed by atoms with Gasteiger partial charge in [-0.15, -0.1) is 0 Å². The van der Waals surface area contributed by atoms with Gasteiger partial charge in [-0.05, 0) is 6.92 Å². The first-order valence-corrected chi connectivity index (χ1v) is 2.13. The van der Waals surface area contributed by atoms with Crippen molar-refractivity contribution in [2.75, 3.05) is 0 Å². The van der Waals surface area contributed by atoms with Crippen LogP contribution >= 0.6 is 0 Å². The number of primary amides is 1. The number of aliphatic imine (C=N–C) groups is 1. The van der Waals surface area contributed by atoms with Gasteiger partial charge in [0.1, 0.15) is 5.71 Å². The standard InChI is InChI=1S/C5H8N2O/c1-3-7-4(2)5(6)8/h3H,1H2,2H3,(H2,6,8). The molecular formula is C5H8N2O. The molecule has 1 amide bonds. The molecule has 0 bridgehead atoms. The van der Waals surface area contributed by atoms with E-state index in [1.165, 1.54) is 13.1 Å². The molecule has 0 aromatic rings. The molecule has 0 rings (SSSR count). The number of carbonyl (C=O) groups excluding carboxylic acids is 1. The van der Waals surface area contributed by atoms with Crippen molar-refractivity contribution in [3.63, 3.8) is 0 Å². The average Bonchev–Trinajstić information content (AvgIpc) is 1.67. The maximum Gasteiger partial charge on any atom is 0.262 e. The van der Waals surface area contributed by atoms with Crippen LogP contribution < -0.4 is 5.73 Å². The molecule has 8 heavy (non-hydrogen) atoms. The van der Waals surface area contributed by atoms with E-state index in [0.29, 0.717) is 0 Å². The maximum absolute atomic E-state index is 10.1. The molecule has 0 aliphatic rings. The summed E-state index contributed by atoms with van der Waals surface area (Å²) in [5.74, 6) is -0.509.